The second-order valence-corrected chi connectivity index (χ2v) is 5.84. The maximum atomic E-state index is 12.5. The molecule has 0 aliphatic rings. The van der Waals surface area contributed by atoms with E-state index in [0.29, 0.717) is 0 Å². The summed E-state index contributed by atoms with van der Waals surface area (Å²) in [6.45, 7) is 0. The molecule has 15 heavy (non-hydrogen) atoms. The summed E-state index contributed by atoms with van der Waals surface area (Å²) >= 11 is 5.45. The van der Waals surface area contributed by atoms with Crippen molar-refractivity contribution in [2.75, 3.05) is 6.26 Å². The lowest BCUT2D eigenvalue weighted by Gasteiger charge is -2.05. The van der Waals surface area contributed by atoms with E-state index in [0.717, 1.165) is 18.4 Å². The molecule has 0 saturated carbocycles. The molecule has 1 aromatic carbocycles. The van der Waals surface area contributed by atoms with E-state index < -0.39 is 26.1 Å². The molecule has 0 amide bonds. The molecule has 0 bridgehead atoms. The summed E-state index contributed by atoms with van der Waals surface area (Å²) in [5, 5.41) is 0. The van der Waals surface area contributed by atoms with Crippen LogP contribution in [-0.2, 0) is 9.84 Å². The molecule has 0 N–H and O–H groups in total. The van der Waals surface area contributed by atoms with Crippen molar-refractivity contribution in [2.24, 2.45) is 0 Å². The van der Waals surface area contributed by atoms with E-state index in [-0.39, 0.29) is 5.56 Å². The quantitative estimate of drug-likeness (QED) is 0.605. The van der Waals surface area contributed by atoms with Gasteiger partial charge in [0.05, 0.1) is 0 Å². The Labute approximate surface area is 91.8 Å². The first-order valence-corrected chi connectivity index (χ1v) is 6.34. The molecular formula is C9H8ClFO3S. The zero-order valence-corrected chi connectivity index (χ0v) is 9.35. The SMILES string of the molecule is CS(=O)(=O)C(Cl)C(=O)c1ccc(F)cc1. The molecule has 1 rings (SSSR count). The first-order chi connectivity index (χ1) is 6.82. The van der Waals surface area contributed by atoms with Gasteiger partial charge in [-0.2, -0.15) is 0 Å². The highest BCUT2D eigenvalue weighted by Gasteiger charge is 2.26. The van der Waals surface area contributed by atoms with E-state index in [9.17, 15) is 17.6 Å². The Balaban J connectivity index is 3.01. The Bertz CT molecular complexity index is 467. The summed E-state index contributed by atoms with van der Waals surface area (Å²) in [5.74, 6) is -1.25. The van der Waals surface area contributed by atoms with Gasteiger partial charge in [0.25, 0.3) is 0 Å². The number of halogens is 2. The summed E-state index contributed by atoms with van der Waals surface area (Å²) in [7, 11) is -3.64. The van der Waals surface area contributed by atoms with E-state index in [1.807, 2.05) is 0 Å². The van der Waals surface area contributed by atoms with Crippen molar-refractivity contribution in [2.45, 2.75) is 4.71 Å². The lowest BCUT2D eigenvalue weighted by molar-refractivity contribution is 0.101. The van der Waals surface area contributed by atoms with Crippen LogP contribution in [0.25, 0.3) is 0 Å². The van der Waals surface area contributed by atoms with E-state index >= 15 is 0 Å². The van der Waals surface area contributed by atoms with Crippen molar-refractivity contribution in [1.29, 1.82) is 0 Å². The van der Waals surface area contributed by atoms with Crippen LogP contribution in [0.5, 0.6) is 0 Å². The summed E-state index contributed by atoms with van der Waals surface area (Å²) in [6.07, 6.45) is 0.867. The summed E-state index contributed by atoms with van der Waals surface area (Å²) in [6, 6.07) is 4.52. The van der Waals surface area contributed by atoms with Gasteiger partial charge in [-0.25, -0.2) is 12.8 Å². The van der Waals surface area contributed by atoms with Gasteiger partial charge < -0.3 is 0 Å². The first kappa shape index (κ1) is 12.1. The van der Waals surface area contributed by atoms with Crippen molar-refractivity contribution in [3.8, 4) is 0 Å². The monoisotopic (exact) mass is 250 g/mol. The highest BCUT2D eigenvalue weighted by Crippen LogP contribution is 2.13. The maximum absolute atomic E-state index is 12.5. The van der Waals surface area contributed by atoms with E-state index in [1.165, 1.54) is 12.1 Å². The number of hydrogen-bond acceptors (Lipinski definition) is 3. The zero-order valence-electron chi connectivity index (χ0n) is 7.78. The van der Waals surface area contributed by atoms with Crippen molar-refractivity contribution in [1.82, 2.24) is 0 Å². The highest BCUT2D eigenvalue weighted by atomic mass is 35.5. The third-order valence-electron chi connectivity index (χ3n) is 1.71. The standard InChI is InChI=1S/C9H8ClFO3S/c1-15(13,14)9(10)8(12)6-2-4-7(11)5-3-6/h2-5,9H,1H3. The van der Waals surface area contributed by atoms with E-state index in [4.69, 9.17) is 11.6 Å². The van der Waals surface area contributed by atoms with Crippen LogP contribution >= 0.6 is 11.6 Å². The number of benzene rings is 1. The van der Waals surface area contributed by atoms with Crippen molar-refractivity contribution in [3.63, 3.8) is 0 Å². The molecule has 0 radical (unpaired) electrons. The Morgan fingerprint density at radius 1 is 1.33 bits per heavy atom. The molecule has 0 saturated heterocycles. The fourth-order valence-electron chi connectivity index (χ4n) is 0.940. The number of rotatable bonds is 3. The molecule has 0 aliphatic carbocycles. The molecule has 82 valence electrons. The second-order valence-electron chi connectivity index (χ2n) is 3.02. The number of Topliss-reactive ketones (excluding diaryl/α,β-unsaturated/α-hetero) is 1. The molecule has 0 fully saturated rings. The van der Waals surface area contributed by atoms with Crippen LogP contribution in [0, 0.1) is 5.82 Å². The van der Waals surface area contributed by atoms with Gasteiger partial charge >= 0.3 is 0 Å². The molecule has 1 aromatic rings. The summed E-state index contributed by atoms with van der Waals surface area (Å²) < 4.78 is 32.9. The van der Waals surface area contributed by atoms with E-state index in [1.54, 1.807) is 0 Å². The molecule has 0 aliphatic heterocycles. The molecule has 0 spiro atoms. The third kappa shape index (κ3) is 3.00. The third-order valence-corrected chi connectivity index (χ3v) is 3.85. The number of carbonyl (C=O) groups is 1. The van der Waals surface area contributed by atoms with Crippen molar-refractivity contribution in [3.05, 3.63) is 35.6 Å². The van der Waals surface area contributed by atoms with Crippen molar-refractivity contribution >= 4 is 27.2 Å². The van der Waals surface area contributed by atoms with Gasteiger partial charge in [0, 0.05) is 11.8 Å². The van der Waals surface area contributed by atoms with Gasteiger partial charge in [-0.1, -0.05) is 11.6 Å². The minimum atomic E-state index is -3.64. The Morgan fingerprint density at radius 3 is 2.20 bits per heavy atom. The van der Waals surface area contributed by atoms with Crippen molar-refractivity contribution < 1.29 is 17.6 Å². The normalized spacial score (nSPS) is 13.5. The lowest BCUT2D eigenvalue weighted by atomic mass is 10.1. The van der Waals surface area contributed by atoms with Crippen LogP contribution in [0.2, 0.25) is 0 Å². The largest absolute Gasteiger partial charge is 0.291 e. The average Bonchev–Trinajstić information content (AvgIpc) is 2.15. The molecular weight excluding hydrogens is 243 g/mol. The van der Waals surface area contributed by atoms with Crippen LogP contribution in [0.1, 0.15) is 10.4 Å². The maximum Gasteiger partial charge on any atom is 0.197 e. The number of ketones is 1. The number of alkyl halides is 1. The fourth-order valence-corrected chi connectivity index (χ4v) is 1.59. The van der Waals surface area contributed by atoms with Gasteiger partial charge in [-0.05, 0) is 24.3 Å². The van der Waals surface area contributed by atoms with Crippen LogP contribution < -0.4 is 0 Å². The van der Waals surface area contributed by atoms with Crippen LogP contribution in [-0.4, -0.2) is 25.2 Å². The fraction of sp³-hybridized carbons (Fsp3) is 0.222. The van der Waals surface area contributed by atoms with Crippen LogP contribution in [0.4, 0.5) is 4.39 Å². The number of hydrogen-bond donors (Lipinski definition) is 0. The topological polar surface area (TPSA) is 51.2 Å². The van der Waals surface area contributed by atoms with E-state index in [2.05, 4.69) is 0 Å². The number of carbonyl (C=O) groups excluding carboxylic acids is 1. The predicted octanol–water partition coefficient (Wildman–Crippen LogP) is 1.62. The molecule has 0 aromatic heterocycles. The molecule has 1 unspecified atom stereocenters. The predicted molar refractivity (Wildman–Crippen MR) is 55.2 cm³/mol. The summed E-state index contributed by atoms with van der Waals surface area (Å²) in [4.78, 5) is 11.5. The average molecular weight is 251 g/mol. The van der Waals surface area contributed by atoms with Crippen LogP contribution in [0.3, 0.4) is 0 Å². The van der Waals surface area contributed by atoms with Gasteiger partial charge in [0.15, 0.2) is 20.3 Å². The molecule has 3 nitrogen and oxygen atoms in total. The minimum Gasteiger partial charge on any atom is -0.291 e. The van der Waals surface area contributed by atoms with Crippen LogP contribution in [0.15, 0.2) is 24.3 Å². The Hall–Kier alpha value is -0.940. The first-order valence-electron chi connectivity index (χ1n) is 3.95. The molecule has 0 heterocycles. The van der Waals surface area contributed by atoms with Gasteiger partial charge in [0.2, 0.25) is 0 Å². The number of sulfone groups is 1. The van der Waals surface area contributed by atoms with Gasteiger partial charge in [-0.3, -0.25) is 4.79 Å². The minimum absolute atomic E-state index is 0.0711. The smallest absolute Gasteiger partial charge is 0.197 e. The Kier molecular flexibility index (Phi) is 3.46. The molecule has 6 heteroatoms. The zero-order chi connectivity index (χ0) is 11.6. The van der Waals surface area contributed by atoms with Gasteiger partial charge in [-0.15, -0.1) is 0 Å². The second kappa shape index (κ2) is 4.28. The molecule has 1 atom stereocenters. The lowest BCUT2D eigenvalue weighted by Crippen LogP contribution is -2.23. The summed E-state index contributed by atoms with van der Waals surface area (Å²) in [5.41, 5.74) is 0.0711. The highest BCUT2D eigenvalue weighted by molar-refractivity contribution is 7.93. The van der Waals surface area contributed by atoms with Gasteiger partial charge in [0.1, 0.15) is 5.82 Å². The Morgan fingerprint density at radius 2 is 1.80 bits per heavy atom.